The zero-order chi connectivity index (χ0) is 11.3. The maximum absolute atomic E-state index is 8.66. The van der Waals surface area contributed by atoms with E-state index in [1.165, 1.54) is 4.88 Å². The quantitative estimate of drug-likeness (QED) is 0.892. The highest BCUT2D eigenvalue weighted by molar-refractivity contribution is 9.11. The summed E-state index contributed by atoms with van der Waals surface area (Å²) in [5, 5.41) is 12.1. The summed E-state index contributed by atoms with van der Waals surface area (Å²) in [5.74, 6) is 0. The van der Waals surface area contributed by atoms with Gasteiger partial charge in [0.15, 0.2) is 0 Å². The van der Waals surface area contributed by atoms with Crippen LogP contribution < -0.4 is 5.32 Å². The Morgan fingerprint density at radius 1 is 1.60 bits per heavy atom. The third-order valence-corrected chi connectivity index (χ3v) is 4.14. The van der Waals surface area contributed by atoms with Gasteiger partial charge in [-0.25, -0.2) is 0 Å². The first-order chi connectivity index (χ1) is 7.17. The molecule has 0 radical (unpaired) electrons. The number of halogens is 1. The molecule has 0 saturated heterocycles. The van der Waals surface area contributed by atoms with Gasteiger partial charge in [0.05, 0.1) is 16.3 Å². The van der Waals surface area contributed by atoms with Crippen LogP contribution in [0.4, 0.5) is 0 Å². The summed E-state index contributed by atoms with van der Waals surface area (Å²) in [6.07, 6.45) is 1.57. The van der Waals surface area contributed by atoms with E-state index in [2.05, 4.69) is 53.3 Å². The topological polar surface area (TPSA) is 35.8 Å². The zero-order valence-electron chi connectivity index (χ0n) is 8.96. The molecule has 4 heteroatoms. The van der Waals surface area contributed by atoms with Gasteiger partial charge in [-0.1, -0.05) is 6.92 Å². The molecule has 82 valence electrons. The molecule has 0 aliphatic carbocycles. The average molecular weight is 287 g/mol. The molecule has 1 N–H and O–H groups in total. The van der Waals surface area contributed by atoms with E-state index in [1.807, 2.05) is 0 Å². The lowest BCUT2D eigenvalue weighted by atomic mass is 10.1. The average Bonchev–Trinajstić information content (AvgIpc) is 2.64. The summed E-state index contributed by atoms with van der Waals surface area (Å²) >= 11 is 5.19. The van der Waals surface area contributed by atoms with Crippen molar-refractivity contribution < 1.29 is 0 Å². The number of rotatable bonds is 5. The lowest BCUT2D eigenvalue weighted by molar-refractivity contribution is 0.452. The second-order valence-corrected chi connectivity index (χ2v) is 5.99. The predicted molar refractivity (Wildman–Crippen MR) is 67.9 cm³/mol. The van der Waals surface area contributed by atoms with Crippen molar-refractivity contribution >= 4 is 27.3 Å². The minimum absolute atomic E-state index is 0.297. The summed E-state index contributed by atoms with van der Waals surface area (Å²) in [4.78, 5) is 1.30. The number of nitrogens with zero attached hydrogens (tertiary/aromatic N) is 1. The van der Waals surface area contributed by atoms with Crippen LogP contribution in [0.3, 0.4) is 0 Å². The Balaban J connectivity index is 2.54. The van der Waals surface area contributed by atoms with Crippen LogP contribution in [-0.2, 0) is 0 Å². The predicted octanol–water partition coefficient (Wildman–Crippen LogP) is 3.85. The molecule has 15 heavy (non-hydrogen) atoms. The van der Waals surface area contributed by atoms with Crippen molar-refractivity contribution in [1.82, 2.24) is 5.32 Å². The fraction of sp³-hybridized carbons (Fsp3) is 0.545. The second kappa shape index (κ2) is 6.26. The first-order valence-electron chi connectivity index (χ1n) is 5.05. The van der Waals surface area contributed by atoms with Gasteiger partial charge in [-0.3, -0.25) is 0 Å². The molecule has 2 atom stereocenters. The van der Waals surface area contributed by atoms with E-state index in [-0.39, 0.29) is 0 Å². The molecule has 1 heterocycles. The largest absolute Gasteiger partial charge is 0.306 e. The molecular formula is C11H15BrN2S. The van der Waals surface area contributed by atoms with E-state index in [0.29, 0.717) is 18.5 Å². The molecule has 1 aromatic rings. The van der Waals surface area contributed by atoms with Crippen molar-refractivity contribution in [3.63, 3.8) is 0 Å². The minimum Gasteiger partial charge on any atom is -0.306 e. The number of nitrogens with one attached hydrogen (secondary N) is 1. The number of nitriles is 1. The molecule has 0 aliphatic rings. The van der Waals surface area contributed by atoms with Gasteiger partial charge in [-0.15, -0.1) is 11.3 Å². The normalized spacial score (nSPS) is 14.5. The molecule has 0 bridgehead atoms. The molecule has 0 amide bonds. The highest BCUT2D eigenvalue weighted by Crippen LogP contribution is 2.27. The molecule has 0 aromatic carbocycles. The Hall–Kier alpha value is -0.370. The van der Waals surface area contributed by atoms with E-state index in [0.717, 1.165) is 10.2 Å². The number of thiophene rings is 1. The van der Waals surface area contributed by atoms with E-state index in [4.69, 9.17) is 5.26 Å². The van der Waals surface area contributed by atoms with Crippen LogP contribution in [0.2, 0.25) is 0 Å². The van der Waals surface area contributed by atoms with Gasteiger partial charge in [0.1, 0.15) is 0 Å². The van der Waals surface area contributed by atoms with E-state index in [1.54, 1.807) is 11.3 Å². The Morgan fingerprint density at radius 2 is 2.33 bits per heavy atom. The third-order valence-electron chi connectivity index (χ3n) is 2.34. The van der Waals surface area contributed by atoms with Crippen LogP contribution in [0, 0.1) is 11.3 Å². The zero-order valence-corrected chi connectivity index (χ0v) is 11.4. The van der Waals surface area contributed by atoms with Crippen molar-refractivity contribution in [1.29, 1.82) is 5.26 Å². The molecule has 0 fully saturated rings. The molecule has 2 nitrogen and oxygen atoms in total. The number of hydrogen-bond acceptors (Lipinski definition) is 3. The molecule has 0 aliphatic heterocycles. The summed E-state index contributed by atoms with van der Waals surface area (Å²) in [6.45, 7) is 4.24. The van der Waals surface area contributed by atoms with Crippen LogP contribution in [0.5, 0.6) is 0 Å². The first-order valence-corrected chi connectivity index (χ1v) is 6.66. The fourth-order valence-electron chi connectivity index (χ4n) is 1.43. The van der Waals surface area contributed by atoms with E-state index >= 15 is 0 Å². The second-order valence-electron chi connectivity index (χ2n) is 3.50. The molecule has 0 saturated carbocycles. The molecule has 0 spiro atoms. The Morgan fingerprint density at radius 3 is 2.80 bits per heavy atom. The van der Waals surface area contributed by atoms with Gasteiger partial charge in [-0.2, -0.15) is 5.26 Å². The molecular weight excluding hydrogens is 272 g/mol. The van der Waals surface area contributed by atoms with Gasteiger partial charge in [0, 0.05) is 17.0 Å². The Bertz CT molecular complexity index is 343. The van der Waals surface area contributed by atoms with Crippen LogP contribution in [-0.4, -0.2) is 6.04 Å². The van der Waals surface area contributed by atoms with E-state index in [9.17, 15) is 0 Å². The smallest absolute Gasteiger partial charge is 0.0701 e. The minimum atomic E-state index is 0.297. The lowest BCUT2D eigenvalue weighted by Gasteiger charge is -2.19. The lowest BCUT2D eigenvalue weighted by Crippen LogP contribution is -2.30. The van der Waals surface area contributed by atoms with Gasteiger partial charge in [-0.05, 0) is 41.4 Å². The Labute approximate surface area is 103 Å². The van der Waals surface area contributed by atoms with Crippen LogP contribution >= 0.6 is 27.3 Å². The summed E-state index contributed by atoms with van der Waals surface area (Å²) in [5.41, 5.74) is 0. The van der Waals surface area contributed by atoms with Crippen LogP contribution in [0.15, 0.2) is 15.9 Å². The van der Waals surface area contributed by atoms with Gasteiger partial charge in [0.2, 0.25) is 0 Å². The summed E-state index contributed by atoms with van der Waals surface area (Å²) in [6, 6.07) is 7.00. The highest BCUT2D eigenvalue weighted by atomic mass is 79.9. The maximum atomic E-state index is 8.66. The third kappa shape index (κ3) is 3.94. The van der Waals surface area contributed by atoms with Crippen LogP contribution in [0.1, 0.15) is 37.6 Å². The van der Waals surface area contributed by atoms with E-state index < -0.39 is 0 Å². The van der Waals surface area contributed by atoms with Gasteiger partial charge < -0.3 is 5.32 Å². The first kappa shape index (κ1) is 12.7. The highest BCUT2D eigenvalue weighted by Gasteiger charge is 2.12. The Kier molecular flexibility index (Phi) is 5.30. The summed E-state index contributed by atoms with van der Waals surface area (Å²) in [7, 11) is 0. The SMILES string of the molecule is CCC(CC#N)NC(C)c1ccc(Br)s1. The number of hydrogen-bond donors (Lipinski definition) is 1. The van der Waals surface area contributed by atoms with Crippen molar-refractivity contribution in [3.05, 3.63) is 20.8 Å². The summed E-state index contributed by atoms with van der Waals surface area (Å²) < 4.78 is 1.15. The standard InChI is InChI=1S/C11H15BrN2S/c1-3-9(6-7-13)14-8(2)10-4-5-11(12)15-10/h4-5,8-9,14H,3,6H2,1-2H3. The maximum Gasteiger partial charge on any atom is 0.0701 e. The van der Waals surface area contributed by atoms with Gasteiger partial charge >= 0.3 is 0 Å². The monoisotopic (exact) mass is 286 g/mol. The van der Waals surface area contributed by atoms with Crippen molar-refractivity contribution in [2.24, 2.45) is 0 Å². The molecule has 1 aromatic heterocycles. The van der Waals surface area contributed by atoms with Crippen molar-refractivity contribution in [3.8, 4) is 6.07 Å². The van der Waals surface area contributed by atoms with Gasteiger partial charge in [0.25, 0.3) is 0 Å². The van der Waals surface area contributed by atoms with Crippen LogP contribution in [0.25, 0.3) is 0 Å². The fourth-order valence-corrected chi connectivity index (χ4v) is 2.86. The molecule has 2 unspecified atom stereocenters. The van der Waals surface area contributed by atoms with Crippen molar-refractivity contribution in [2.75, 3.05) is 0 Å². The molecule has 1 rings (SSSR count). The van der Waals surface area contributed by atoms with Crippen molar-refractivity contribution in [2.45, 2.75) is 38.8 Å².